The first-order chi connectivity index (χ1) is 12.2. The second-order valence-corrected chi connectivity index (χ2v) is 9.08. The third kappa shape index (κ3) is 4.59. The van der Waals surface area contributed by atoms with Gasteiger partial charge in [-0.3, -0.25) is 0 Å². The Balaban J connectivity index is 1.51. The molecule has 5 heteroatoms. The fraction of sp³-hybridized carbons (Fsp3) is 0.400. The molecule has 1 aliphatic heterocycles. The van der Waals surface area contributed by atoms with Crippen LogP contribution in [0.4, 0.5) is 5.69 Å². The maximum atomic E-state index is 5.89. The number of unbranched alkanes of at least 4 members (excludes halogenated alkanes) is 1. The highest BCUT2D eigenvalue weighted by molar-refractivity contribution is 8.20. The van der Waals surface area contributed by atoms with Crippen molar-refractivity contribution in [2.45, 2.75) is 23.3 Å². The van der Waals surface area contributed by atoms with Gasteiger partial charge in [0, 0.05) is 23.3 Å². The summed E-state index contributed by atoms with van der Waals surface area (Å²) < 4.78 is 11.4. The van der Waals surface area contributed by atoms with E-state index in [1.807, 2.05) is 12.1 Å². The number of methoxy groups -OCH3 is 1. The van der Waals surface area contributed by atoms with Crippen molar-refractivity contribution in [2.75, 3.05) is 31.0 Å². The topological polar surface area (TPSA) is 44.5 Å². The van der Waals surface area contributed by atoms with Gasteiger partial charge in [0.05, 0.1) is 17.8 Å². The van der Waals surface area contributed by atoms with Crippen LogP contribution in [-0.2, 0) is 4.08 Å². The summed E-state index contributed by atoms with van der Waals surface area (Å²) in [5, 5.41) is 0. The number of thioether (sulfide) groups is 2. The molecule has 1 saturated heterocycles. The molecule has 1 fully saturated rings. The third-order valence-electron chi connectivity index (χ3n) is 4.31. The van der Waals surface area contributed by atoms with Crippen LogP contribution in [0.2, 0.25) is 0 Å². The van der Waals surface area contributed by atoms with Crippen LogP contribution in [0, 0.1) is 0 Å². The second kappa shape index (κ2) is 8.77. The van der Waals surface area contributed by atoms with Crippen molar-refractivity contribution in [3.63, 3.8) is 0 Å². The van der Waals surface area contributed by atoms with E-state index in [1.54, 1.807) is 13.2 Å². The Morgan fingerprint density at radius 2 is 1.76 bits per heavy atom. The minimum absolute atomic E-state index is 0.222. The van der Waals surface area contributed by atoms with Crippen molar-refractivity contribution in [3.05, 3.63) is 54.1 Å². The van der Waals surface area contributed by atoms with Crippen molar-refractivity contribution in [1.82, 2.24) is 0 Å². The molecule has 25 heavy (non-hydrogen) atoms. The number of hydrogen-bond acceptors (Lipinski definition) is 5. The molecule has 134 valence electrons. The van der Waals surface area contributed by atoms with Crippen molar-refractivity contribution in [1.29, 1.82) is 0 Å². The summed E-state index contributed by atoms with van der Waals surface area (Å²) in [4.78, 5) is 0. The van der Waals surface area contributed by atoms with Crippen LogP contribution >= 0.6 is 23.5 Å². The van der Waals surface area contributed by atoms with E-state index in [2.05, 4.69) is 53.9 Å². The Morgan fingerprint density at radius 3 is 2.48 bits per heavy atom. The van der Waals surface area contributed by atoms with Crippen LogP contribution in [0.15, 0.2) is 48.5 Å². The Morgan fingerprint density at radius 1 is 1.00 bits per heavy atom. The molecule has 0 unspecified atom stereocenters. The van der Waals surface area contributed by atoms with Gasteiger partial charge >= 0.3 is 0 Å². The monoisotopic (exact) mass is 375 g/mol. The zero-order valence-electron chi connectivity index (χ0n) is 14.6. The van der Waals surface area contributed by atoms with E-state index in [4.69, 9.17) is 15.2 Å². The predicted octanol–water partition coefficient (Wildman–Crippen LogP) is 5.16. The van der Waals surface area contributed by atoms with Crippen LogP contribution in [0.1, 0.15) is 24.8 Å². The van der Waals surface area contributed by atoms with Gasteiger partial charge in [-0.1, -0.05) is 30.3 Å². The van der Waals surface area contributed by atoms with Crippen LogP contribution in [0.3, 0.4) is 0 Å². The van der Waals surface area contributed by atoms with E-state index in [0.717, 1.165) is 18.6 Å². The molecule has 3 rings (SSSR count). The lowest BCUT2D eigenvalue weighted by Gasteiger charge is -2.28. The molecule has 2 N–H and O–H groups in total. The van der Waals surface area contributed by atoms with E-state index < -0.39 is 0 Å². The quantitative estimate of drug-likeness (QED) is 0.510. The average molecular weight is 376 g/mol. The van der Waals surface area contributed by atoms with Gasteiger partial charge in [0.15, 0.2) is 11.5 Å². The molecule has 0 bridgehead atoms. The summed E-state index contributed by atoms with van der Waals surface area (Å²) in [6.45, 7) is 0.695. The lowest BCUT2D eigenvalue weighted by Crippen LogP contribution is -2.15. The third-order valence-corrected chi connectivity index (χ3v) is 7.91. The Bertz CT molecular complexity index is 673. The maximum absolute atomic E-state index is 5.89. The SMILES string of the molecule is COc1cc(N)ccc1OCCCCC1(c2ccccc2)SCCS1. The first-order valence-corrected chi connectivity index (χ1v) is 10.6. The summed E-state index contributed by atoms with van der Waals surface area (Å²) in [6.07, 6.45) is 3.35. The van der Waals surface area contributed by atoms with Gasteiger partial charge in [0.2, 0.25) is 0 Å². The number of anilines is 1. The second-order valence-electron chi connectivity index (χ2n) is 6.03. The highest BCUT2D eigenvalue weighted by Crippen LogP contribution is 2.54. The Kier molecular flexibility index (Phi) is 6.43. The first-order valence-electron chi connectivity index (χ1n) is 8.63. The number of rotatable bonds is 8. The van der Waals surface area contributed by atoms with Crippen LogP contribution in [0.5, 0.6) is 11.5 Å². The van der Waals surface area contributed by atoms with E-state index in [0.29, 0.717) is 18.0 Å². The number of ether oxygens (including phenoxy) is 2. The molecule has 2 aromatic rings. The van der Waals surface area contributed by atoms with Gasteiger partial charge in [-0.05, 0) is 37.0 Å². The normalized spacial score (nSPS) is 15.9. The van der Waals surface area contributed by atoms with Gasteiger partial charge in [0.25, 0.3) is 0 Å². The van der Waals surface area contributed by atoms with E-state index in [1.165, 1.54) is 23.5 Å². The largest absolute Gasteiger partial charge is 0.493 e. The maximum Gasteiger partial charge on any atom is 0.162 e. The summed E-state index contributed by atoms with van der Waals surface area (Å²) in [6, 6.07) is 16.4. The molecule has 0 aliphatic carbocycles. The summed E-state index contributed by atoms with van der Waals surface area (Å²) in [5.41, 5.74) is 7.91. The van der Waals surface area contributed by atoms with Crippen molar-refractivity contribution in [3.8, 4) is 11.5 Å². The molecule has 2 aromatic carbocycles. The minimum atomic E-state index is 0.222. The number of hydrogen-bond donors (Lipinski definition) is 1. The lowest BCUT2D eigenvalue weighted by molar-refractivity contribution is 0.285. The fourth-order valence-electron chi connectivity index (χ4n) is 3.05. The zero-order valence-corrected chi connectivity index (χ0v) is 16.2. The summed E-state index contributed by atoms with van der Waals surface area (Å²) in [7, 11) is 1.64. The molecule has 0 saturated carbocycles. The molecule has 0 amide bonds. The predicted molar refractivity (Wildman–Crippen MR) is 110 cm³/mol. The minimum Gasteiger partial charge on any atom is -0.493 e. The van der Waals surface area contributed by atoms with Crippen molar-refractivity contribution < 1.29 is 9.47 Å². The average Bonchev–Trinajstić information content (AvgIpc) is 3.13. The van der Waals surface area contributed by atoms with Crippen LogP contribution < -0.4 is 15.2 Å². The summed E-state index contributed by atoms with van der Waals surface area (Å²) >= 11 is 4.19. The molecular formula is C20H25NO2S2. The lowest BCUT2D eigenvalue weighted by atomic mass is 10.1. The van der Waals surface area contributed by atoms with Gasteiger partial charge in [0.1, 0.15) is 0 Å². The smallest absolute Gasteiger partial charge is 0.162 e. The van der Waals surface area contributed by atoms with Crippen LogP contribution in [0.25, 0.3) is 0 Å². The molecule has 0 spiro atoms. The molecule has 0 aromatic heterocycles. The number of nitrogen functional groups attached to an aromatic ring is 1. The fourth-order valence-corrected chi connectivity index (χ4v) is 6.39. The molecular weight excluding hydrogens is 350 g/mol. The Hall–Kier alpha value is -1.46. The van der Waals surface area contributed by atoms with Crippen LogP contribution in [-0.4, -0.2) is 25.2 Å². The van der Waals surface area contributed by atoms with Crippen molar-refractivity contribution in [2.24, 2.45) is 0 Å². The molecule has 0 atom stereocenters. The molecule has 3 nitrogen and oxygen atoms in total. The van der Waals surface area contributed by atoms with E-state index in [-0.39, 0.29) is 4.08 Å². The summed E-state index contributed by atoms with van der Waals surface area (Å²) in [5.74, 6) is 3.93. The van der Waals surface area contributed by atoms with Gasteiger partial charge in [-0.2, -0.15) is 0 Å². The highest BCUT2D eigenvalue weighted by atomic mass is 32.2. The molecule has 1 aliphatic rings. The first kappa shape index (κ1) is 18.3. The van der Waals surface area contributed by atoms with Gasteiger partial charge < -0.3 is 15.2 Å². The zero-order chi connectivity index (χ0) is 17.5. The number of benzene rings is 2. The molecule has 0 radical (unpaired) electrons. The van der Waals surface area contributed by atoms with Gasteiger partial charge in [-0.15, -0.1) is 23.5 Å². The van der Waals surface area contributed by atoms with E-state index in [9.17, 15) is 0 Å². The van der Waals surface area contributed by atoms with E-state index >= 15 is 0 Å². The van der Waals surface area contributed by atoms with Gasteiger partial charge in [-0.25, -0.2) is 0 Å². The Labute approximate surface area is 158 Å². The van der Waals surface area contributed by atoms with Crippen molar-refractivity contribution >= 4 is 29.2 Å². The molecule has 1 heterocycles. The number of nitrogens with two attached hydrogens (primary N) is 1. The standard InChI is InChI=1S/C20H25NO2S2/c1-22-19-15-17(21)9-10-18(19)23-12-6-5-11-20(24-13-14-25-20)16-7-3-2-4-8-16/h2-4,7-10,15H,5-6,11-14,21H2,1H3. The highest BCUT2D eigenvalue weighted by Gasteiger charge is 2.36.